The highest BCUT2D eigenvalue weighted by molar-refractivity contribution is 6.30. The average Bonchev–Trinajstić information content (AvgIpc) is 1.55. The quantitative estimate of drug-likeness (QED) is 0.151. The molecular weight excluding hydrogens is 785 g/mol. The number of para-hydroxylation sites is 2. The van der Waals surface area contributed by atoms with Crippen molar-refractivity contribution < 1.29 is 52.1 Å². The zero-order valence-corrected chi connectivity index (χ0v) is 33.1. The van der Waals surface area contributed by atoms with Gasteiger partial charge in [-0.2, -0.15) is 0 Å². The van der Waals surface area contributed by atoms with E-state index in [9.17, 15) is 31.5 Å². The molecule has 1 aromatic heterocycles. The van der Waals surface area contributed by atoms with E-state index in [2.05, 4.69) is 0 Å². The van der Waals surface area contributed by atoms with E-state index in [0.29, 0.717) is 9.47 Å². The number of anilines is 3. The molecule has 1 heterocycles. The fourth-order valence-corrected chi connectivity index (χ4v) is 8.49. The predicted octanol–water partition coefficient (Wildman–Crippen LogP) is 17.4. The maximum absolute atomic E-state index is 10.8. The molecule has 0 amide bonds. The molecule has 2 nitrogen and oxygen atoms in total. The number of aromatic nitrogens is 1. The summed E-state index contributed by atoms with van der Waals surface area (Å²) < 4.78 is 361. The largest absolute Gasteiger partial charge is 0.308 e. The summed E-state index contributed by atoms with van der Waals surface area (Å²) in [5.74, 6) is 0. The lowest BCUT2D eigenvalue weighted by atomic mass is 9.82. The van der Waals surface area contributed by atoms with Crippen molar-refractivity contribution in [2.24, 2.45) is 0 Å². The Bertz CT molecular complexity index is 5970. The van der Waals surface area contributed by atoms with E-state index in [0.717, 1.165) is 19.1 Å². The Morgan fingerprint density at radius 2 is 1.03 bits per heavy atom. The van der Waals surface area contributed by atoms with E-state index in [1.54, 1.807) is 0 Å². The van der Waals surface area contributed by atoms with Gasteiger partial charge in [0.15, 0.2) is 0 Å². The lowest BCUT2D eigenvalue weighted by Crippen LogP contribution is -2.17. The molecule has 306 valence electrons. The Kier molecular flexibility index (Phi) is 3.44. The highest BCUT2D eigenvalue weighted by atomic mass is 15.2. The number of hydrogen-bond acceptors (Lipinski definition) is 1. The smallest absolute Gasteiger partial charge is 0.0787 e. The van der Waals surface area contributed by atoms with Crippen LogP contribution in [0, 0.1) is 0 Å². The Morgan fingerprint density at radius 1 is 0.431 bits per heavy atom. The van der Waals surface area contributed by atoms with Gasteiger partial charge < -0.3 is 9.47 Å². The summed E-state index contributed by atoms with van der Waals surface area (Å²) in [7, 11) is 0. The minimum atomic E-state index is -2.60. The van der Waals surface area contributed by atoms with Crippen molar-refractivity contribution >= 4 is 71.2 Å². The number of hydrogen-bond donors (Lipinski definition) is 0. The molecule has 0 N–H and O–H groups in total. The van der Waals surface area contributed by atoms with E-state index in [-0.39, 0.29) is 0 Å². The van der Waals surface area contributed by atoms with Gasteiger partial charge in [-0.1, -0.05) is 201 Å². The Hall–Kier alpha value is -8.20. The molecule has 12 aromatic rings. The first-order chi connectivity index (χ1) is 47.9. The van der Waals surface area contributed by atoms with Crippen molar-refractivity contribution in [3.05, 3.63) is 241 Å². The van der Waals surface area contributed by atoms with Crippen molar-refractivity contribution in [3.63, 3.8) is 0 Å². The highest BCUT2D eigenvalue weighted by Gasteiger charge is 2.36. The molecule has 2 heteroatoms. The van der Waals surface area contributed by atoms with Crippen molar-refractivity contribution in [2.45, 2.75) is 19.2 Å². The summed E-state index contributed by atoms with van der Waals surface area (Å²) in [5, 5.41) is -5.79. The van der Waals surface area contributed by atoms with Gasteiger partial charge in [-0.15, -0.1) is 0 Å². The second-order valence-corrected chi connectivity index (χ2v) is 14.9. The average molecular weight is 867 g/mol. The van der Waals surface area contributed by atoms with Gasteiger partial charge >= 0.3 is 0 Å². The summed E-state index contributed by atoms with van der Waals surface area (Å²) in [4.78, 5) is 0.378. The predicted molar refractivity (Wildman–Crippen MR) is 276 cm³/mol. The SMILES string of the molecule is [2H]c1cc2c3c([2H])c([2H])cc([2H])c3c3c([2H])c([2H])c(-n4c5c([2H])c([2H])c([2H])c([2H])c5c5c([2H])c([2H])c([2H])c([2H])c54)c(N(c4c([2H])c([2H])c([2H])c(-c5c([2H])c([2H])c([2H])c([2H])c5-c5c([2H])c([2H])c([2H])c([2H])c5[2H])c4[2H])c4c([2H])c([2H])c5c(c4[2H])C(C)(C([2H])[2H])c4c([2H])c([2H])c([2H])c([2H])c4-5)c3c2c([2H])c1[2H]. The molecule has 0 aliphatic heterocycles. The number of benzene rings is 11. The van der Waals surface area contributed by atoms with Gasteiger partial charge in [-0.3, -0.25) is 0 Å². The molecule has 1 aliphatic carbocycles. The molecule has 0 saturated carbocycles. The van der Waals surface area contributed by atoms with Crippen LogP contribution in [-0.2, 0) is 5.41 Å². The van der Waals surface area contributed by atoms with Crippen molar-refractivity contribution in [2.75, 3.05) is 4.90 Å². The molecular formula is C63H44N2. The second-order valence-electron chi connectivity index (χ2n) is 14.9. The van der Waals surface area contributed by atoms with E-state index < -0.39 is 351 Å². The summed E-state index contributed by atoms with van der Waals surface area (Å²) >= 11 is 0. The molecule has 65 heavy (non-hydrogen) atoms. The lowest BCUT2D eigenvalue weighted by Gasteiger charge is -2.32. The third-order valence-corrected chi connectivity index (χ3v) is 11.3. The van der Waals surface area contributed by atoms with Gasteiger partial charge in [0.1, 0.15) is 0 Å². The van der Waals surface area contributed by atoms with E-state index in [1.165, 1.54) is 0 Å². The van der Waals surface area contributed by atoms with Crippen molar-refractivity contribution in [1.29, 1.82) is 0 Å². The molecule has 13 rings (SSSR count). The fraction of sp³-hybridized carbons (Fsp3) is 0.0476. The summed E-state index contributed by atoms with van der Waals surface area (Å²) in [5.41, 5.74) is -16.7. The van der Waals surface area contributed by atoms with Crippen LogP contribution >= 0.6 is 0 Å². The lowest BCUT2D eigenvalue weighted by molar-refractivity contribution is 0.660. The maximum Gasteiger partial charge on any atom is 0.0787 e. The van der Waals surface area contributed by atoms with Crippen LogP contribution < -0.4 is 4.90 Å². The minimum absolute atomic E-state index is 0.378. The molecule has 1 atom stereocenters. The molecule has 0 saturated heterocycles. The van der Waals surface area contributed by atoms with E-state index >= 15 is 0 Å². The van der Waals surface area contributed by atoms with Crippen LogP contribution in [0.3, 0.4) is 0 Å². The topological polar surface area (TPSA) is 8.17 Å². The van der Waals surface area contributed by atoms with Crippen LogP contribution in [0.2, 0.25) is 0 Å². The Balaban J connectivity index is 1.44. The number of rotatable bonds is 6. The second kappa shape index (κ2) is 14.4. The third-order valence-electron chi connectivity index (χ3n) is 11.3. The summed E-state index contributed by atoms with van der Waals surface area (Å²) in [6.45, 7) is -1.36. The molecule has 11 aromatic carbocycles. The van der Waals surface area contributed by atoms with Crippen LogP contribution in [0.25, 0.3) is 93.2 Å². The zero-order chi connectivity index (χ0) is 76.1. The van der Waals surface area contributed by atoms with Gasteiger partial charge in [0.25, 0.3) is 0 Å². The van der Waals surface area contributed by atoms with Crippen molar-refractivity contribution in [1.82, 2.24) is 4.57 Å². The number of nitrogens with zero attached hydrogens (tertiary/aromatic N) is 2. The Labute approximate surface area is 432 Å². The minimum Gasteiger partial charge on any atom is -0.308 e. The first-order valence-corrected chi connectivity index (χ1v) is 19.5. The van der Waals surface area contributed by atoms with Gasteiger partial charge in [-0.25, -0.2) is 0 Å². The normalized spacial score (nSPS) is 22.6. The summed E-state index contributed by atoms with van der Waals surface area (Å²) in [6, 6.07) is -38.3. The van der Waals surface area contributed by atoms with Gasteiger partial charge in [-0.05, 0) is 114 Å². The number of fused-ring (bicyclic) bond motifs is 12. The fourth-order valence-electron chi connectivity index (χ4n) is 8.49. The first kappa shape index (κ1) is 15.5. The van der Waals surface area contributed by atoms with Crippen LogP contribution in [0.5, 0.6) is 0 Å². The maximum atomic E-state index is 10.8. The Morgan fingerprint density at radius 3 is 1.83 bits per heavy atom. The molecule has 1 aliphatic rings. The zero-order valence-electron chi connectivity index (χ0n) is 71.1. The van der Waals surface area contributed by atoms with Crippen LogP contribution in [0.1, 0.15) is 77.0 Å². The third kappa shape index (κ3) is 5.60. The first-order valence-electron chi connectivity index (χ1n) is 38.7. The standard InChI is InChI=1S/C63H44N2/c1-63(2)56-32-15-12-28-50(56)51-36-35-44(40-57(51)63)64(43-22-18-21-42(39-43)46-24-7-6-23-45(46)41-19-4-3-5-20-41)62-60(65-58-33-16-13-29-52(58)53-30-14-17-34-59(53)65)38-37-55-49-27-9-8-25-47(49)48-26-10-11-31-54(48)61(55)62/h3-40H,1-2H3/i1D2,3D,4D,5D,6D,7D,8D,10D,11D,12D,13D,14D,15D,16D,17D,18D,19D,20D,21D,22D,23D,24D,25D,27D,28D,29D,30D,31D,32D,33D,34D,35D,36D,37D,38D,39D,40D. The van der Waals surface area contributed by atoms with Crippen LogP contribution in [0.4, 0.5) is 17.1 Å². The molecule has 0 fully saturated rings. The highest BCUT2D eigenvalue weighted by Crippen LogP contribution is 2.54. The van der Waals surface area contributed by atoms with E-state index in [4.69, 9.17) is 20.6 Å². The summed E-state index contributed by atoms with van der Waals surface area (Å²) in [6.07, 6.45) is 0. The molecule has 0 spiro atoms. The molecule has 0 bridgehead atoms. The van der Waals surface area contributed by atoms with Gasteiger partial charge in [0, 0.05) is 35.7 Å². The van der Waals surface area contributed by atoms with Crippen LogP contribution in [0.15, 0.2) is 230 Å². The van der Waals surface area contributed by atoms with Crippen molar-refractivity contribution in [3.8, 4) is 39.1 Å². The van der Waals surface area contributed by atoms with Gasteiger partial charge in [0.05, 0.1) is 71.8 Å². The monoisotopic (exact) mass is 867 g/mol. The molecule has 1 unspecified atom stereocenters. The van der Waals surface area contributed by atoms with E-state index in [1.807, 2.05) is 0 Å². The van der Waals surface area contributed by atoms with Crippen LogP contribution in [-0.4, -0.2) is 4.57 Å². The molecule has 0 radical (unpaired) electrons. The van der Waals surface area contributed by atoms with Gasteiger partial charge in [0.2, 0.25) is 0 Å².